The summed E-state index contributed by atoms with van der Waals surface area (Å²) in [5.41, 5.74) is 7.28. The zero-order valence-electron chi connectivity index (χ0n) is 9.08. The molecule has 0 radical (unpaired) electrons. The summed E-state index contributed by atoms with van der Waals surface area (Å²) in [6.45, 7) is 3.63. The number of rotatable bonds is 3. The quantitative estimate of drug-likeness (QED) is 0.602. The number of benzene rings is 1. The van der Waals surface area contributed by atoms with Crippen molar-refractivity contribution in [2.45, 2.75) is 26.2 Å². The van der Waals surface area contributed by atoms with Crippen LogP contribution in [0, 0.1) is 11.8 Å². The Labute approximate surface area is 90.5 Å². The maximum absolute atomic E-state index is 11.7. The van der Waals surface area contributed by atoms with Gasteiger partial charge in [0.1, 0.15) is 0 Å². The van der Waals surface area contributed by atoms with Crippen LogP contribution in [-0.4, -0.2) is 5.78 Å². The summed E-state index contributed by atoms with van der Waals surface area (Å²) >= 11 is 0. The molecular weight excluding hydrogens is 186 g/mol. The Morgan fingerprint density at radius 2 is 2.00 bits per heavy atom. The van der Waals surface area contributed by atoms with Gasteiger partial charge in [-0.3, -0.25) is 4.79 Å². The Bertz CT molecular complexity index is 395. The van der Waals surface area contributed by atoms with Crippen molar-refractivity contribution < 1.29 is 4.79 Å². The molecule has 0 saturated heterocycles. The van der Waals surface area contributed by atoms with E-state index < -0.39 is 0 Å². The molecule has 0 amide bonds. The number of carbonyl (C=O) groups is 1. The highest BCUT2D eigenvalue weighted by Crippen LogP contribution is 2.18. The fraction of sp³-hybridized carbons (Fsp3) is 0.308. The van der Waals surface area contributed by atoms with Crippen molar-refractivity contribution in [2.75, 3.05) is 5.73 Å². The molecule has 1 aromatic carbocycles. The van der Waals surface area contributed by atoms with E-state index in [1.807, 2.05) is 31.2 Å². The number of hydrogen-bond donors (Lipinski definition) is 1. The van der Waals surface area contributed by atoms with Crippen molar-refractivity contribution in [3.8, 4) is 11.8 Å². The maximum Gasteiger partial charge on any atom is 0.151 e. The summed E-state index contributed by atoms with van der Waals surface area (Å²) in [7, 11) is 0. The summed E-state index contributed by atoms with van der Waals surface area (Å²) in [5.74, 6) is 5.55. The van der Waals surface area contributed by atoms with E-state index in [0.29, 0.717) is 12.1 Å². The molecule has 0 spiro atoms. The van der Waals surface area contributed by atoms with Gasteiger partial charge in [0.25, 0.3) is 0 Å². The van der Waals surface area contributed by atoms with Crippen molar-refractivity contribution in [3.63, 3.8) is 0 Å². The summed E-state index contributed by atoms with van der Waals surface area (Å²) in [5, 5.41) is 0. The zero-order valence-corrected chi connectivity index (χ0v) is 9.08. The SMILES string of the molecule is CC#CCC(=O)C(C)c1ccc(N)cc1. The molecule has 1 aromatic rings. The lowest BCUT2D eigenvalue weighted by Gasteiger charge is -2.08. The molecule has 2 nitrogen and oxygen atoms in total. The van der Waals surface area contributed by atoms with E-state index >= 15 is 0 Å². The smallest absolute Gasteiger partial charge is 0.151 e. The summed E-state index contributed by atoms with van der Waals surface area (Å²) in [6, 6.07) is 7.39. The first-order valence-electron chi connectivity index (χ1n) is 4.93. The Morgan fingerprint density at radius 1 is 1.40 bits per heavy atom. The van der Waals surface area contributed by atoms with Crippen molar-refractivity contribution in [1.82, 2.24) is 0 Å². The third kappa shape index (κ3) is 3.14. The minimum Gasteiger partial charge on any atom is -0.399 e. The lowest BCUT2D eigenvalue weighted by Crippen LogP contribution is -2.08. The molecule has 1 rings (SSSR count). The second-order valence-corrected chi connectivity index (χ2v) is 3.46. The van der Waals surface area contributed by atoms with E-state index in [1.54, 1.807) is 6.92 Å². The van der Waals surface area contributed by atoms with Gasteiger partial charge in [-0.25, -0.2) is 0 Å². The van der Waals surface area contributed by atoms with Crippen LogP contribution in [0.15, 0.2) is 24.3 Å². The van der Waals surface area contributed by atoms with Gasteiger partial charge in [0.2, 0.25) is 0 Å². The molecule has 0 fully saturated rings. The average Bonchev–Trinajstić information content (AvgIpc) is 2.26. The zero-order chi connectivity index (χ0) is 11.3. The fourth-order valence-corrected chi connectivity index (χ4v) is 1.30. The van der Waals surface area contributed by atoms with Gasteiger partial charge < -0.3 is 5.73 Å². The van der Waals surface area contributed by atoms with Gasteiger partial charge in [-0.2, -0.15) is 0 Å². The summed E-state index contributed by atoms with van der Waals surface area (Å²) < 4.78 is 0. The highest BCUT2D eigenvalue weighted by Gasteiger charge is 2.13. The molecule has 0 saturated carbocycles. The molecular formula is C13H15NO. The van der Waals surface area contributed by atoms with E-state index in [9.17, 15) is 4.79 Å². The normalized spacial score (nSPS) is 11.3. The maximum atomic E-state index is 11.7. The first-order chi connectivity index (χ1) is 7.15. The van der Waals surface area contributed by atoms with Crippen molar-refractivity contribution in [1.29, 1.82) is 0 Å². The van der Waals surface area contributed by atoms with Crippen molar-refractivity contribution in [2.24, 2.45) is 0 Å². The number of nitrogens with two attached hydrogens (primary N) is 1. The standard InChI is InChI=1S/C13H15NO/c1-3-4-5-13(15)10(2)11-6-8-12(14)9-7-11/h6-10H,5,14H2,1-2H3. The largest absolute Gasteiger partial charge is 0.399 e. The molecule has 1 unspecified atom stereocenters. The lowest BCUT2D eigenvalue weighted by atomic mass is 9.95. The highest BCUT2D eigenvalue weighted by molar-refractivity contribution is 5.87. The van der Waals surface area contributed by atoms with E-state index in [2.05, 4.69) is 11.8 Å². The predicted octanol–water partition coefficient (Wildman–Crippen LogP) is 2.35. The fourth-order valence-electron chi connectivity index (χ4n) is 1.30. The van der Waals surface area contributed by atoms with Crippen LogP contribution in [-0.2, 0) is 4.79 Å². The monoisotopic (exact) mass is 201 g/mol. The van der Waals surface area contributed by atoms with Crippen LogP contribution in [0.1, 0.15) is 31.7 Å². The van der Waals surface area contributed by atoms with Gasteiger partial charge in [-0.15, -0.1) is 5.92 Å². The minimum atomic E-state index is -0.105. The Balaban J connectivity index is 2.74. The molecule has 0 heterocycles. The van der Waals surface area contributed by atoms with E-state index in [0.717, 1.165) is 5.56 Å². The van der Waals surface area contributed by atoms with Crippen molar-refractivity contribution in [3.05, 3.63) is 29.8 Å². The summed E-state index contributed by atoms with van der Waals surface area (Å²) in [6.07, 6.45) is 0.321. The molecule has 78 valence electrons. The number of nitrogen functional groups attached to an aromatic ring is 1. The van der Waals surface area contributed by atoms with Crippen LogP contribution in [0.25, 0.3) is 0 Å². The lowest BCUT2D eigenvalue weighted by molar-refractivity contribution is -0.119. The molecule has 2 N–H and O–H groups in total. The van der Waals surface area contributed by atoms with E-state index in [-0.39, 0.29) is 11.7 Å². The molecule has 2 heteroatoms. The van der Waals surface area contributed by atoms with Gasteiger partial charge in [-0.1, -0.05) is 25.0 Å². The molecule has 0 aliphatic heterocycles. The molecule has 0 aromatic heterocycles. The molecule has 0 aliphatic rings. The van der Waals surface area contributed by atoms with Gasteiger partial charge in [0, 0.05) is 11.6 Å². The number of anilines is 1. The van der Waals surface area contributed by atoms with Crippen LogP contribution >= 0.6 is 0 Å². The Kier molecular flexibility index (Phi) is 3.93. The van der Waals surface area contributed by atoms with E-state index in [1.165, 1.54) is 0 Å². The third-order valence-electron chi connectivity index (χ3n) is 2.36. The number of carbonyl (C=O) groups excluding carboxylic acids is 1. The third-order valence-corrected chi connectivity index (χ3v) is 2.36. The van der Waals surface area contributed by atoms with Gasteiger partial charge in [0.15, 0.2) is 5.78 Å². The number of Topliss-reactive ketones (excluding diaryl/α,β-unsaturated/α-hetero) is 1. The minimum absolute atomic E-state index is 0.105. The molecule has 1 atom stereocenters. The average molecular weight is 201 g/mol. The topological polar surface area (TPSA) is 43.1 Å². The van der Waals surface area contributed by atoms with Crippen LogP contribution in [0.2, 0.25) is 0 Å². The van der Waals surface area contributed by atoms with Crippen LogP contribution in [0.3, 0.4) is 0 Å². The van der Waals surface area contributed by atoms with Gasteiger partial charge in [-0.05, 0) is 24.6 Å². The van der Waals surface area contributed by atoms with Gasteiger partial charge >= 0.3 is 0 Å². The van der Waals surface area contributed by atoms with Crippen LogP contribution in [0.5, 0.6) is 0 Å². The van der Waals surface area contributed by atoms with Gasteiger partial charge in [0.05, 0.1) is 6.42 Å². The second-order valence-electron chi connectivity index (χ2n) is 3.46. The molecule has 0 bridgehead atoms. The second kappa shape index (κ2) is 5.21. The van der Waals surface area contributed by atoms with E-state index in [4.69, 9.17) is 5.73 Å². The first kappa shape index (κ1) is 11.3. The predicted molar refractivity (Wildman–Crippen MR) is 62.3 cm³/mol. The molecule has 15 heavy (non-hydrogen) atoms. The molecule has 0 aliphatic carbocycles. The van der Waals surface area contributed by atoms with Crippen molar-refractivity contribution >= 4 is 11.5 Å². The van der Waals surface area contributed by atoms with Crippen LogP contribution < -0.4 is 5.73 Å². The highest BCUT2D eigenvalue weighted by atomic mass is 16.1. The first-order valence-corrected chi connectivity index (χ1v) is 4.93. The summed E-state index contributed by atoms with van der Waals surface area (Å²) in [4.78, 5) is 11.7. The number of hydrogen-bond acceptors (Lipinski definition) is 2. The Morgan fingerprint density at radius 3 is 2.53 bits per heavy atom. The Hall–Kier alpha value is -1.75. The number of ketones is 1. The van der Waals surface area contributed by atoms with Crippen LogP contribution in [0.4, 0.5) is 5.69 Å².